The van der Waals surface area contributed by atoms with E-state index in [0.717, 1.165) is 0 Å². The molecule has 3 rings (SSSR count). The second-order valence-electron chi connectivity index (χ2n) is 3.54. The van der Waals surface area contributed by atoms with Crippen LogP contribution in [0.25, 0.3) is 10.8 Å². The number of fused-ring (bicyclic) bond motifs is 3. The SMILES string of the molecule is O=C1OC(=O)c2c1cc(O)c1ccccc21. The molecule has 0 amide bonds. The zero-order valence-corrected chi connectivity index (χ0v) is 8.06. The third-order valence-corrected chi connectivity index (χ3v) is 2.63. The van der Waals surface area contributed by atoms with E-state index in [2.05, 4.69) is 4.74 Å². The van der Waals surface area contributed by atoms with Crippen molar-refractivity contribution in [2.24, 2.45) is 0 Å². The van der Waals surface area contributed by atoms with E-state index in [4.69, 9.17) is 0 Å². The fourth-order valence-electron chi connectivity index (χ4n) is 1.93. The summed E-state index contributed by atoms with van der Waals surface area (Å²) in [5.74, 6) is -1.39. The topological polar surface area (TPSA) is 63.6 Å². The van der Waals surface area contributed by atoms with Crippen molar-refractivity contribution in [3.8, 4) is 5.75 Å². The Morgan fingerprint density at radius 1 is 1.00 bits per heavy atom. The Balaban J connectivity index is 2.53. The van der Waals surface area contributed by atoms with Crippen molar-refractivity contribution in [3.63, 3.8) is 0 Å². The van der Waals surface area contributed by atoms with Gasteiger partial charge in [-0.15, -0.1) is 0 Å². The van der Waals surface area contributed by atoms with Crippen LogP contribution < -0.4 is 0 Å². The van der Waals surface area contributed by atoms with Gasteiger partial charge in [-0.3, -0.25) is 0 Å². The molecule has 4 heteroatoms. The lowest BCUT2D eigenvalue weighted by molar-refractivity contribution is 0.0444. The summed E-state index contributed by atoms with van der Waals surface area (Å²) in [5.41, 5.74) is 0.361. The number of carbonyl (C=O) groups is 2. The molecule has 1 aliphatic rings. The summed E-state index contributed by atoms with van der Waals surface area (Å²) in [6, 6.07) is 8.11. The average molecular weight is 214 g/mol. The molecule has 0 aromatic heterocycles. The highest BCUT2D eigenvalue weighted by molar-refractivity contribution is 6.22. The first-order valence-electron chi connectivity index (χ1n) is 4.69. The number of rotatable bonds is 0. The van der Waals surface area contributed by atoms with Gasteiger partial charge in [-0.1, -0.05) is 24.3 Å². The van der Waals surface area contributed by atoms with E-state index in [0.29, 0.717) is 10.8 Å². The summed E-state index contributed by atoms with van der Waals surface area (Å²) >= 11 is 0. The van der Waals surface area contributed by atoms with Gasteiger partial charge in [-0.05, 0) is 6.07 Å². The van der Waals surface area contributed by atoms with Crippen molar-refractivity contribution in [3.05, 3.63) is 41.5 Å². The number of hydrogen-bond acceptors (Lipinski definition) is 4. The van der Waals surface area contributed by atoms with E-state index in [9.17, 15) is 14.7 Å². The Hall–Kier alpha value is -2.36. The predicted octanol–water partition coefficient (Wildman–Crippen LogP) is 1.86. The molecule has 0 saturated carbocycles. The molecule has 0 spiro atoms. The summed E-state index contributed by atoms with van der Waals surface area (Å²) < 4.78 is 4.51. The Kier molecular flexibility index (Phi) is 1.57. The molecule has 1 heterocycles. The molecule has 16 heavy (non-hydrogen) atoms. The minimum Gasteiger partial charge on any atom is -0.507 e. The van der Waals surface area contributed by atoms with Crippen molar-refractivity contribution in [1.82, 2.24) is 0 Å². The standard InChI is InChI=1S/C12H6O4/c13-9-5-8-10(12(15)16-11(8)14)7-4-2-1-3-6(7)9/h1-5,13H. The number of cyclic esters (lactones) is 2. The number of benzene rings is 2. The number of phenolic OH excluding ortho intramolecular Hbond substituents is 1. The lowest BCUT2D eigenvalue weighted by atomic mass is 9.99. The van der Waals surface area contributed by atoms with Crippen LogP contribution in [0.1, 0.15) is 20.7 Å². The molecule has 1 N–H and O–H groups in total. The molecule has 0 saturated heterocycles. The van der Waals surface area contributed by atoms with Crippen LogP contribution in [0, 0.1) is 0 Å². The normalized spacial score (nSPS) is 14.0. The Morgan fingerprint density at radius 2 is 1.69 bits per heavy atom. The number of phenols is 1. The van der Waals surface area contributed by atoms with Gasteiger partial charge < -0.3 is 9.84 Å². The fraction of sp³-hybridized carbons (Fsp3) is 0. The van der Waals surface area contributed by atoms with E-state index >= 15 is 0 Å². The molecule has 0 fully saturated rings. The van der Waals surface area contributed by atoms with Gasteiger partial charge in [0.25, 0.3) is 0 Å². The molecule has 4 nitrogen and oxygen atoms in total. The van der Waals surface area contributed by atoms with Gasteiger partial charge in [0.1, 0.15) is 5.75 Å². The number of esters is 2. The van der Waals surface area contributed by atoms with Crippen LogP contribution in [0.3, 0.4) is 0 Å². The molecular formula is C12H6O4. The summed E-state index contributed by atoms with van der Waals surface area (Å²) in [6.07, 6.45) is 0. The molecular weight excluding hydrogens is 208 g/mol. The first-order valence-corrected chi connectivity index (χ1v) is 4.69. The molecule has 2 aromatic rings. The number of carbonyl (C=O) groups excluding carboxylic acids is 2. The molecule has 2 aromatic carbocycles. The van der Waals surface area contributed by atoms with Gasteiger partial charge in [-0.2, -0.15) is 0 Å². The summed E-state index contributed by atoms with van der Waals surface area (Å²) in [6.45, 7) is 0. The summed E-state index contributed by atoms with van der Waals surface area (Å²) in [7, 11) is 0. The van der Waals surface area contributed by atoms with Crippen LogP contribution >= 0.6 is 0 Å². The van der Waals surface area contributed by atoms with Crippen molar-refractivity contribution >= 4 is 22.7 Å². The van der Waals surface area contributed by atoms with E-state index in [1.807, 2.05) is 0 Å². The monoisotopic (exact) mass is 214 g/mol. The number of aromatic hydroxyl groups is 1. The first-order chi connectivity index (χ1) is 7.68. The summed E-state index contributed by atoms with van der Waals surface area (Å²) in [5, 5.41) is 10.8. The quantitative estimate of drug-likeness (QED) is 0.537. The van der Waals surface area contributed by atoms with Crippen LogP contribution in [0.15, 0.2) is 30.3 Å². The minimum atomic E-state index is -0.707. The third-order valence-electron chi connectivity index (χ3n) is 2.63. The highest BCUT2D eigenvalue weighted by Gasteiger charge is 2.32. The molecule has 1 aliphatic heterocycles. The Labute approximate surface area is 90.1 Å². The Morgan fingerprint density at radius 3 is 2.44 bits per heavy atom. The minimum absolute atomic E-state index is 0.0269. The lowest BCUT2D eigenvalue weighted by Crippen LogP contribution is -1.97. The highest BCUT2D eigenvalue weighted by Crippen LogP contribution is 2.34. The molecule has 0 bridgehead atoms. The van der Waals surface area contributed by atoms with Gasteiger partial charge in [0, 0.05) is 10.8 Å². The van der Waals surface area contributed by atoms with E-state index < -0.39 is 11.9 Å². The summed E-state index contributed by atoms with van der Waals surface area (Å²) in [4.78, 5) is 22.8. The predicted molar refractivity (Wildman–Crippen MR) is 55.4 cm³/mol. The van der Waals surface area contributed by atoms with Gasteiger partial charge in [0.05, 0.1) is 11.1 Å². The third kappa shape index (κ3) is 0.982. The van der Waals surface area contributed by atoms with Crippen molar-refractivity contribution < 1.29 is 19.4 Å². The highest BCUT2D eigenvalue weighted by atomic mass is 16.6. The van der Waals surface area contributed by atoms with Crippen LogP contribution in [0.5, 0.6) is 5.75 Å². The van der Waals surface area contributed by atoms with Crippen molar-refractivity contribution in [2.75, 3.05) is 0 Å². The van der Waals surface area contributed by atoms with Crippen LogP contribution in [-0.4, -0.2) is 17.0 Å². The van der Waals surface area contributed by atoms with E-state index in [1.165, 1.54) is 6.07 Å². The number of hydrogen-bond donors (Lipinski definition) is 1. The van der Waals surface area contributed by atoms with Gasteiger partial charge >= 0.3 is 11.9 Å². The van der Waals surface area contributed by atoms with Gasteiger partial charge in [0.2, 0.25) is 0 Å². The van der Waals surface area contributed by atoms with Crippen LogP contribution in [0.2, 0.25) is 0 Å². The van der Waals surface area contributed by atoms with Crippen molar-refractivity contribution in [2.45, 2.75) is 0 Å². The molecule has 0 radical (unpaired) electrons. The van der Waals surface area contributed by atoms with Gasteiger partial charge in [0.15, 0.2) is 0 Å². The first kappa shape index (κ1) is 8.91. The van der Waals surface area contributed by atoms with E-state index in [1.54, 1.807) is 24.3 Å². The van der Waals surface area contributed by atoms with Crippen LogP contribution in [-0.2, 0) is 4.74 Å². The van der Waals surface area contributed by atoms with Crippen molar-refractivity contribution in [1.29, 1.82) is 0 Å². The largest absolute Gasteiger partial charge is 0.507 e. The zero-order valence-electron chi connectivity index (χ0n) is 8.06. The molecule has 0 unspecified atom stereocenters. The van der Waals surface area contributed by atoms with Gasteiger partial charge in [-0.25, -0.2) is 9.59 Å². The smallest absolute Gasteiger partial charge is 0.347 e. The second kappa shape index (κ2) is 2.82. The fourth-order valence-corrected chi connectivity index (χ4v) is 1.93. The number of ether oxygens (including phenoxy) is 1. The zero-order chi connectivity index (χ0) is 11.3. The Bertz CT molecular complexity index is 643. The van der Waals surface area contributed by atoms with E-state index in [-0.39, 0.29) is 16.9 Å². The second-order valence-corrected chi connectivity index (χ2v) is 3.54. The lowest BCUT2D eigenvalue weighted by Gasteiger charge is -2.03. The maximum absolute atomic E-state index is 11.5. The molecule has 78 valence electrons. The maximum Gasteiger partial charge on any atom is 0.347 e. The molecule has 0 aliphatic carbocycles. The average Bonchev–Trinajstić information content (AvgIpc) is 2.55. The molecule has 0 atom stereocenters. The maximum atomic E-state index is 11.5. The van der Waals surface area contributed by atoms with Crippen LogP contribution in [0.4, 0.5) is 0 Å².